The Kier molecular flexibility index (Phi) is 5.05. The van der Waals surface area contributed by atoms with Crippen LogP contribution in [0.1, 0.15) is 29.3 Å². The van der Waals surface area contributed by atoms with Crippen molar-refractivity contribution in [1.29, 1.82) is 0 Å². The highest BCUT2D eigenvalue weighted by molar-refractivity contribution is 5.89. The first-order valence-corrected chi connectivity index (χ1v) is 8.17. The molecule has 6 heteroatoms. The van der Waals surface area contributed by atoms with Crippen molar-refractivity contribution in [2.45, 2.75) is 32.0 Å². The summed E-state index contributed by atoms with van der Waals surface area (Å²) in [6.07, 6.45) is 3.73. The van der Waals surface area contributed by atoms with Gasteiger partial charge in [0.05, 0.1) is 18.2 Å². The van der Waals surface area contributed by atoms with Crippen molar-refractivity contribution in [1.82, 2.24) is 9.97 Å². The number of aromatic nitrogens is 2. The number of anilines is 1. The normalized spacial score (nSPS) is 20.7. The molecular formula is C18H21N3O3. The third kappa shape index (κ3) is 3.71. The van der Waals surface area contributed by atoms with E-state index in [0.717, 1.165) is 12.0 Å². The number of carbonyl (C=O) groups excluding carboxylic acids is 1. The van der Waals surface area contributed by atoms with Crippen molar-refractivity contribution in [3.63, 3.8) is 0 Å². The topological polar surface area (TPSA) is 75.6 Å². The molecule has 1 saturated heterocycles. The van der Waals surface area contributed by atoms with Crippen molar-refractivity contribution >= 4 is 11.9 Å². The van der Waals surface area contributed by atoms with E-state index in [1.54, 1.807) is 36.7 Å². The van der Waals surface area contributed by atoms with E-state index in [0.29, 0.717) is 31.0 Å². The molecule has 3 rings (SSSR count). The summed E-state index contributed by atoms with van der Waals surface area (Å²) in [5.74, 6) is 0.170. The number of rotatable bonds is 4. The molecule has 2 aromatic rings. The van der Waals surface area contributed by atoms with Crippen LogP contribution in [0, 0.1) is 0 Å². The molecule has 2 heterocycles. The molecule has 0 aliphatic carbocycles. The van der Waals surface area contributed by atoms with E-state index in [9.17, 15) is 9.90 Å². The van der Waals surface area contributed by atoms with Gasteiger partial charge in [-0.25, -0.2) is 14.8 Å². The Morgan fingerprint density at radius 2 is 2.00 bits per heavy atom. The lowest BCUT2D eigenvalue weighted by atomic mass is 10.1. The fourth-order valence-corrected chi connectivity index (χ4v) is 2.68. The van der Waals surface area contributed by atoms with Gasteiger partial charge in [0.15, 0.2) is 0 Å². The quantitative estimate of drug-likeness (QED) is 0.864. The van der Waals surface area contributed by atoms with Gasteiger partial charge in [-0.2, -0.15) is 0 Å². The van der Waals surface area contributed by atoms with Gasteiger partial charge in [-0.05, 0) is 30.5 Å². The van der Waals surface area contributed by atoms with Gasteiger partial charge in [0, 0.05) is 18.9 Å². The van der Waals surface area contributed by atoms with Crippen molar-refractivity contribution in [3.8, 4) is 0 Å². The number of esters is 1. The van der Waals surface area contributed by atoms with E-state index in [4.69, 9.17) is 4.74 Å². The summed E-state index contributed by atoms with van der Waals surface area (Å²) in [4.78, 5) is 22.9. The maximum atomic E-state index is 12.2. The number of piperidine rings is 1. The van der Waals surface area contributed by atoms with E-state index in [-0.39, 0.29) is 0 Å². The SMILES string of the molecule is CCc1cnc(N2CC[C@H](O)[C@H](OC(=O)c3ccccc3)C2)nc1. The fraction of sp³-hybridized carbons (Fsp3) is 0.389. The minimum absolute atomic E-state index is 0.380. The predicted octanol–water partition coefficient (Wildman–Crippen LogP) is 1.84. The van der Waals surface area contributed by atoms with Crippen molar-refractivity contribution in [2.75, 3.05) is 18.0 Å². The molecule has 0 spiro atoms. The zero-order valence-corrected chi connectivity index (χ0v) is 13.6. The molecule has 24 heavy (non-hydrogen) atoms. The number of aliphatic hydroxyl groups is 1. The summed E-state index contributed by atoms with van der Waals surface area (Å²) in [5.41, 5.74) is 1.55. The fourth-order valence-electron chi connectivity index (χ4n) is 2.68. The van der Waals surface area contributed by atoms with Gasteiger partial charge in [0.25, 0.3) is 0 Å². The number of nitrogens with zero attached hydrogens (tertiary/aromatic N) is 3. The molecule has 1 aliphatic rings. The number of carbonyl (C=O) groups is 1. The van der Waals surface area contributed by atoms with Crippen LogP contribution in [0.4, 0.5) is 5.95 Å². The molecule has 0 radical (unpaired) electrons. The monoisotopic (exact) mass is 327 g/mol. The molecule has 126 valence electrons. The molecule has 1 aliphatic heterocycles. The molecule has 1 aromatic carbocycles. The molecule has 1 N–H and O–H groups in total. The molecule has 0 unspecified atom stereocenters. The number of aliphatic hydroxyl groups excluding tert-OH is 1. The first-order chi connectivity index (χ1) is 11.7. The Labute approximate surface area is 141 Å². The highest BCUT2D eigenvalue weighted by Crippen LogP contribution is 2.19. The number of hydrogen-bond acceptors (Lipinski definition) is 6. The second-order valence-electron chi connectivity index (χ2n) is 5.86. The summed E-state index contributed by atoms with van der Waals surface area (Å²) in [6, 6.07) is 8.79. The Bertz CT molecular complexity index is 676. The van der Waals surface area contributed by atoms with Crippen LogP contribution in [-0.2, 0) is 11.2 Å². The Morgan fingerprint density at radius 3 is 2.67 bits per heavy atom. The van der Waals surface area contributed by atoms with Crippen LogP contribution in [0.5, 0.6) is 0 Å². The first-order valence-electron chi connectivity index (χ1n) is 8.17. The van der Waals surface area contributed by atoms with Gasteiger partial charge < -0.3 is 14.7 Å². The summed E-state index contributed by atoms with van der Waals surface area (Å²) >= 11 is 0. The second-order valence-corrected chi connectivity index (χ2v) is 5.86. The Hall–Kier alpha value is -2.47. The van der Waals surface area contributed by atoms with Crippen LogP contribution in [0.2, 0.25) is 0 Å². The minimum Gasteiger partial charge on any atom is -0.454 e. The molecule has 2 atom stereocenters. The third-order valence-electron chi connectivity index (χ3n) is 4.17. The van der Waals surface area contributed by atoms with Crippen LogP contribution < -0.4 is 4.90 Å². The largest absolute Gasteiger partial charge is 0.454 e. The van der Waals surface area contributed by atoms with E-state index in [2.05, 4.69) is 16.9 Å². The average Bonchev–Trinajstić information content (AvgIpc) is 2.64. The maximum absolute atomic E-state index is 12.2. The van der Waals surface area contributed by atoms with Crippen LogP contribution in [-0.4, -0.2) is 46.3 Å². The van der Waals surface area contributed by atoms with Gasteiger partial charge in [-0.15, -0.1) is 0 Å². The standard InChI is InChI=1S/C18H21N3O3/c1-2-13-10-19-18(20-11-13)21-9-8-15(22)16(12-21)24-17(23)14-6-4-3-5-7-14/h3-7,10-11,15-16,22H,2,8-9,12H2,1H3/t15-,16+/m0/s1. The predicted molar refractivity (Wildman–Crippen MR) is 89.9 cm³/mol. The Morgan fingerprint density at radius 1 is 1.29 bits per heavy atom. The summed E-state index contributed by atoms with van der Waals surface area (Å²) in [6.45, 7) is 3.06. The maximum Gasteiger partial charge on any atom is 0.338 e. The number of aryl methyl sites for hydroxylation is 1. The van der Waals surface area contributed by atoms with Crippen LogP contribution in [0.15, 0.2) is 42.7 Å². The second kappa shape index (κ2) is 7.40. The van der Waals surface area contributed by atoms with Gasteiger partial charge in [0.1, 0.15) is 6.10 Å². The summed E-state index contributed by atoms with van der Waals surface area (Å²) in [5, 5.41) is 10.2. The highest BCUT2D eigenvalue weighted by atomic mass is 16.6. The van der Waals surface area contributed by atoms with Crippen LogP contribution >= 0.6 is 0 Å². The summed E-state index contributed by atoms with van der Waals surface area (Å²) < 4.78 is 5.50. The molecule has 1 fully saturated rings. The van der Waals surface area contributed by atoms with Crippen LogP contribution in [0.25, 0.3) is 0 Å². The lowest BCUT2D eigenvalue weighted by molar-refractivity contribution is -0.0248. The van der Waals surface area contributed by atoms with E-state index < -0.39 is 18.2 Å². The van der Waals surface area contributed by atoms with E-state index in [1.807, 2.05) is 11.0 Å². The smallest absolute Gasteiger partial charge is 0.338 e. The van der Waals surface area contributed by atoms with Gasteiger partial charge in [0.2, 0.25) is 5.95 Å². The van der Waals surface area contributed by atoms with Crippen molar-refractivity contribution in [3.05, 3.63) is 53.9 Å². The highest BCUT2D eigenvalue weighted by Gasteiger charge is 2.32. The molecule has 0 amide bonds. The average molecular weight is 327 g/mol. The van der Waals surface area contributed by atoms with Gasteiger partial charge in [-0.3, -0.25) is 0 Å². The number of ether oxygens (including phenoxy) is 1. The Balaban J connectivity index is 1.67. The zero-order valence-electron chi connectivity index (χ0n) is 13.6. The number of benzene rings is 1. The van der Waals surface area contributed by atoms with Gasteiger partial charge in [-0.1, -0.05) is 25.1 Å². The molecule has 0 bridgehead atoms. The van der Waals surface area contributed by atoms with E-state index >= 15 is 0 Å². The summed E-state index contributed by atoms with van der Waals surface area (Å²) in [7, 11) is 0. The first kappa shape index (κ1) is 16.4. The third-order valence-corrected chi connectivity index (χ3v) is 4.17. The zero-order chi connectivity index (χ0) is 16.9. The molecular weight excluding hydrogens is 306 g/mol. The molecule has 0 saturated carbocycles. The molecule has 1 aromatic heterocycles. The van der Waals surface area contributed by atoms with Crippen LogP contribution in [0.3, 0.4) is 0 Å². The lowest BCUT2D eigenvalue weighted by Gasteiger charge is -2.35. The lowest BCUT2D eigenvalue weighted by Crippen LogP contribution is -2.49. The minimum atomic E-state index is -0.677. The van der Waals surface area contributed by atoms with Gasteiger partial charge >= 0.3 is 5.97 Å². The molecule has 6 nitrogen and oxygen atoms in total. The van der Waals surface area contributed by atoms with Crippen molar-refractivity contribution in [2.24, 2.45) is 0 Å². The van der Waals surface area contributed by atoms with Crippen molar-refractivity contribution < 1.29 is 14.6 Å². The van der Waals surface area contributed by atoms with E-state index in [1.165, 1.54) is 0 Å². The number of hydrogen-bond donors (Lipinski definition) is 1.